The number of benzene rings is 1. The minimum absolute atomic E-state index is 0.0153. The monoisotopic (exact) mass is 507 g/mol. The van der Waals surface area contributed by atoms with Crippen molar-refractivity contribution in [2.24, 2.45) is 0 Å². The van der Waals surface area contributed by atoms with Crippen LogP contribution < -0.4 is 10.9 Å². The first-order valence-electron chi connectivity index (χ1n) is 12.3. The number of esters is 1. The van der Waals surface area contributed by atoms with Gasteiger partial charge < -0.3 is 24.8 Å². The molecule has 2 aromatic heterocycles. The SMILES string of the molecule is CC[C@@]1(O)C(=O)OCc2c1cc1n(c2=O)Cc2c-1nc1cc(F)c(C)cc1c2[C@H](C)NC(=O)C1(O)CC1. The molecule has 1 aliphatic carbocycles. The van der Waals surface area contributed by atoms with Crippen molar-refractivity contribution >= 4 is 22.8 Å². The number of amides is 1. The number of nitrogens with zero attached hydrogens (tertiary/aromatic N) is 2. The Morgan fingerprint density at radius 1 is 1.24 bits per heavy atom. The first-order valence-corrected chi connectivity index (χ1v) is 12.3. The number of nitrogens with one attached hydrogen (secondary N) is 1. The molecule has 3 N–H and O–H groups in total. The summed E-state index contributed by atoms with van der Waals surface area (Å²) in [6.07, 6.45) is 0.790. The maximum atomic E-state index is 14.6. The number of hydrogen-bond donors (Lipinski definition) is 3. The molecule has 0 spiro atoms. The Morgan fingerprint density at radius 3 is 2.65 bits per heavy atom. The van der Waals surface area contributed by atoms with Gasteiger partial charge in [-0.1, -0.05) is 6.92 Å². The van der Waals surface area contributed by atoms with Crippen molar-refractivity contribution in [3.05, 3.63) is 62.2 Å². The van der Waals surface area contributed by atoms with E-state index in [9.17, 15) is 29.0 Å². The molecule has 1 saturated carbocycles. The summed E-state index contributed by atoms with van der Waals surface area (Å²) in [5, 5.41) is 24.9. The Labute approximate surface area is 210 Å². The van der Waals surface area contributed by atoms with Gasteiger partial charge in [0.05, 0.1) is 35.1 Å². The van der Waals surface area contributed by atoms with Crippen molar-refractivity contribution in [2.75, 3.05) is 0 Å². The fourth-order valence-electron chi connectivity index (χ4n) is 5.48. The zero-order valence-electron chi connectivity index (χ0n) is 20.6. The molecular formula is C27H26FN3O6. The van der Waals surface area contributed by atoms with E-state index < -0.39 is 40.5 Å². The predicted octanol–water partition coefficient (Wildman–Crippen LogP) is 2.23. The van der Waals surface area contributed by atoms with Crippen molar-refractivity contribution in [2.45, 2.75) is 70.4 Å². The fraction of sp³-hybridized carbons (Fsp3) is 0.407. The van der Waals surface area contributed by atoms with E-state index in [4.69, 9.17) is 9.72 Å². The lowest BCUT2D eigenvalue weighted by molar-refractivity contribution is -0.172. The Hall–Kier alpha value is -3.63. The minimum atomic E-state index is -1.96. The molecule has 0 radical (unpaired) electrons. The van der Waals surface area contributed by atoms with Crippen molar-refractivity contribution in [3.63, 3.8) is 0 Å². The second-order valence-corrected chi connectivity index (χ2v) is 10.3. The van der Waals surface area contributed by atoms with Crippen LogP contribution >= 0.6 is 0 Å². The first-order chi connectivity index (χ1) is 17.5. The first kappa shape index (κ1) is 23.7. The van der Waals surface area contributed by atoms with Crippen LogP contribution in [0.5, 0.6) is 0 Å². The summed E-state index contributed by atoms with van der Waals surface area (Å²) < 4.78 is 21.2. The summed E-state index contributed by atoms with van der Waals surface area (Å²) in [7, 11) is 0. The normalized spacial score (nSPS) is 21.6. The molecule has 1 amide bonds. The van der Waals surface area contributed by atoms with Crippen molar-refractivity contribution in [1.29, 1.82) is 0 Å². The van der Waals surface area contributed by atoms with E-state index in [-0.39, 0.29) is 30.7 Å². The van der Waals surface area contributed by atoms with Gasteiger partial charge in [0.15, 0.2) is 5.60 Å². The molecule has 1 aromatic carbocycles. The average molecular weight is 508 g/mol. The van der Waals surface area contributed by atoms with Crippen LogP contribution in [-0.4, -0.2) is 37.2 Å². The number of cyclic esters (lactones) is 1. The van der Waals surface area contributed by atoms with Crippen LogP contribution in [0.25, 0.3) is 22.3 Å². The maximum Gasteiger partial charge on any atom is 0.343 e. The number of carbonyl (C=O) groups is 2. The zero-order valence-corrected chi connectivity index (χ0v) is 20.6. The number of carbonyl (C=O) groups excluding carboxylic acids is 2. The number of halogens is 1. The molecule has 9 nitrogen and oxygen atoms in total. The number of hydrogen-bond acceptors (Lipinski definition) is 7. The van der Waals surface area contributed by atoms with Crippen molar-refractivity contribution in [1.82, 2.24) is 14.9 Å². The van der Waals surface area contributed by atoms with Gasteiger partial charge in [-0.15, -0.1) is 0 Å². The van der Waals surface area contributed by atoms with Crippen LogP contribution in [0, 0.1) is 12.7 Å². The third kappa shape index (κ3) is 3.28. The van der Waals surface area contributed by atoms with E-state index in [1.807, 2.05) is 0 Å². The largest absolute Gasteiger partial charge is 0.458 e. The molecule has 37 heavy (non-hydrogen) atoms. The van der Waals surface area contributed by atoms with Gasteiger partial charge in [0.2, 0.25) is 0 Å². The van der Waals surface area contributed by atoms with Crippen LogP contribution in [0.4, 0.5) is 4.39 Å². The number of aromatic nitrogens is 2. The highest BCUT2D eigenvalue weighted by Crippen LogP contribution is 2.42. The summed E-state index contributed by atoms with van der Waals surface area (Å²) in [6.45, 7) is 4.93. The number of aryl methyl sites for hydroxylation is 1. The smallest absolute Gasteiger partial charge is 0.343 e. The maximum absolute atomic E-state index is 14.6. The van der Waals surface area contributed by atoms with Crippen LogP contribution in [0.1, 0.15) is 67.0 Å². The van der Waals surface area contributed by atoms with Gasteiger partial charge in [0.1, 0.15) is 18.0 Å². The highest BCUT2D eigenvalue weighted by molar-refractivity contribution is 5.92. The second-order valence-electron chi connectivity index (χ2n) is 10.3. The lowest BCUT2D eigenvalue weighted by Crippen LogP contribution is -2.44. The second kappa shape index (κ2) is 7.69. The molecule has 1 fully saturated rings. The van der Waals surface area contributed by atoms with Crippen molar-refractivity contribution in [3.8, 4) is 11.4 Å². The van der Waals surface area contributed by atoms with Crippen LogP contribution in [0.3, 0.4) is 0 Å². The Balaban J connectivity index is 1.59. The molecule has 3 aromatic rings. The van der Waals surface area contributed by atoms with E-state index in [0.717, 1.165) is 0 Å². The van der Waals surface area contributed by atoms with E-state index in [0.29, 0.717) is 51.8 Å². The van der Waals surface area contributed by atoms with Gasteiger partial charge in [-0.3, -0.25) is 9.59 Å². The van der Waals surface area contributed by atoms with Gasteiger partial charge >= 0.3 is 5.97 Å². The van der Waals surface area contributed by atoms with Gasteiger partial charge in [0, 0.05) is 22.6 Å². The van der Waals surface area contributed by atoms with Gasteiger partial charge in [-0.25, -0.2) is 14.2 Å². The molecule has 0 bridgehead atoms. The molecule has 2 atom stereocenters. The summed E-state index contributed by atoms with van der Waals surface area (Å²) in [6, 6.07) is 3.99. The van der Waals surface area contributed by atoms with Crippen LogP contribution in [-0.2, 0) is 33.1 Å². The zero-order chi connectivity index (χ0) is 26.4. The number of fused-ring (bicyclic) bond motifs is 5. The van der Waals surface area contributed by atoms with E-state index in [2.05, 4.69) is 5.32 Å². The minimum Gasteiger partial charge on any atom is -0.458 e. The summed E-state index contributed by atoms with van der Waals surface area (Å²) in [4.78, 5) is 43.4. The molecule has 192 valence electrons. The average Bonchev–Trinajstić information content (AvgIpc) is 3.52. The van der Waals surface area contributed by atoms with Gasteiger partial charge in [0.25, 0.3) is 11.5 Å². The topological polar surface area (TPSA) is 131 Å². The summed E-state index contributed by atoms with van der Waals surface area (Å²) >= 11 is 0. The third-order valence-corrected chi connectivity index (χ3v) is 7.94. The predicted molar refractivity (Wildman–Crippen MR) is 130 cm³/mol. The van der Waals surface area contributed by atoms with Crippen LogP contribution in [0.15, 0.2) is 23.0 Å². The van der Waals surface area contributed by atoms with Gasteiger partial charge in [-0.05, 0) is 56.4 Å². The standard InChI is InChI=1S/C27H26FN3O6/c1-4-27(36)17-8-20-22-15(10-31(20)23(32)16(17)11-37-25(27)34)21(13(3)29-24(33)26(35)5-6-26)14-7-12(2)18(28)9-19(14)30-22/h7-9,13,35-36H,4-6,10-11H2,1-3H3,(H,29,33)/t13-,27-/m0/s1. The molecule has 0 saturated heterocycles. The van der Waals surface area contributed by atoms with Crippen molar-refractivity contribution < 1.29 is 28.9 Å². The molecule has 10 heteroatoms. The summed E-state index contributed by atoms with van der Waals surface area (Å²) in [5.74, 6) is -1.74. The molecule has 2 aliphatic heterocycles. The Morgan fingerprint density at radius 2 is 1.97 bits per heavy atom. The van der Waals surface area contributed by atoms with E-state index >= 15 is 0 Å². The highest BCUT2D eigenvalue weighted by atomic mass is 19.1. The number of ether oxygens (including phenoxy) is 1. The highest BCUT2D eigenvalue weighted by Gasteiger charge is 2.49. The molecule has 4 heterocycles. The number of aliphatic hydroxyl groups is 2. The molecule has 0 unspecified atom stereocenters. The lowest BCUT2D eigenvalue weighted by atomic mass is 9.86. The number of rotatable bonds is 4. The Kier molecular flexibility index (Phi) is 4.93. The quantitative estimate of drug-likeness (QED) is 0.361. The van der Waals surface area contributed by atoms with E-state index in [1.165, 1.54) is 10.6 Å². The third-order valence-electron chi connectivity index (χ3n) is 7.94. The number of pyridine rings is 2. The van der Waals surface area contributed by atoms with Gasteiger partial charge in [-0.2, -0.15) is 0 Å². The van der Waals surface area contributed by atoms with Crippen LogP contribution in [0.2, 0.25) is 0 Å². The molecular weight excluding hydrogens is 481 g/mol. The lowest BCUT2D eigenvalue weighted by Gasteiger charge is -2.31. The fourth-order valence-corrected chi connectivity index (χ4v) is 5.48. The molecule has 6 rings (SSSR count). The Bertz CT molecular complexity index is 1610. The summed E-state index contributed by atoms with van der Waals surface area (Å²) in [5.41, 5.74) is -0.483. The molecule has 3 aliphatic rings. The van der Waals surface area contributed by atoms with E-state index in [1.54, 1.807) is 32.9 Å².